The van der Waals surface area contributed by atoms with Gasteiger partial charge in [-0.05, 0) is 5.56 Å². The molecule has 132 valence electrons. The zero-order valence-electron chi connectivity index (χ0n) is 12.9. The lowest BCUT2D eigenvalue weighted by atomic mass is 10.1. The maximum Gasteiger partial charge on any atom is 0.326 e. The number of nitrogens with one attached hydrogen (secondary N) is 2. The standard InChI is InChI=1S/C15H21N3O5S/c16-10(8-24)13(20)18-12(7-19)14(21)17-11(15(22)23)6-9-4-2-1-3-5-9/h1-5,10-12,19,24H,6-8,16H2,(H,17,21)(H,18,20)(H,22,23)/t10-,11-,12-/m0/s1. The zero-order valence-corrected chi connectivity index (χ0v) is 13.8. The average Bonchev–Trinajstić information content (AvgIpc) is 2.58. The molecular weight excluding hydrogens is 334 g/mol. The van der Waals surface area contributed by atoms with E-state index >= 15 is 0 Å². The maximum absolute atomic E-state index is 12.1. The van der Waals surface area contributed by atoms with E-state index in [1.54, 1.807) is 30.3 Å². The van der Waals surface area contributed by atoms with Crippen LogP contribution in [0.5, 0.6) is 0 Å². The molecule has 0 saturated carbocycles. The number of aliphatic carboxylic acids is 1. The molecule has 1 aromatic carbocycles. The number of carboxylic acid groups (broad SMARTS) is 1. The molecule has 24 heavy (non-hydrogen) atoms. The van der Waals surface area contributed by atoms with E-state index in [-0.39, 0.29) is 12.2 Å². The maximum atomic E-state index is 12.1. The minimum absolute atomic E-state index is 0.0668. The number of amides is 2. The predicted octanol–water partition coefficient (Wildman–Crippen LogP) is -1.47. The third kappa shape index (κ3) is 6.19. The monoisotopic (exact) mass is 355 g/mol. The van der Waals surface area contributed by atoms with Crippen LogP contribution in [0.25, 0.3) is 0 Å². The van der Waals surface area contributed by atoms with Crippen molar-refractivity contribution in [1.82, 2.24) is 10.6 Å². The first-order valence-corrected chi connectivity index (χ1v) is 7.87. The molecule has 1 aromatic rings. The first-order valence-electron chi connectivity index (χ1n) is 7.23. The Hall–Kier alpha value is -2.10. The molecule has 0 aliphatic carbocycles. The van der Waals surface area contributed by atoms with Crippen molar-refractivity contribution in [2.45, 2.75) is 24.5 Å². The van der Waals surface area contributed by atoms with Crippen molar-refractivity contribution < 1.29 is 24.6 Å². The summed E-state index contributed by atoms with van der Waals surface area (Å²) in [5, 5.41) is 23.1. The van der Waals surface area contributed by atoms with Crippen LogP contribution >= 0.6 is 12.6 Å². The van der Waals surface area contributed by atoms with E-state index in [4.69, 9.17) is 5.73 Å². The number of rotatable bonds is 9. The molecule has 6 N–H and O–H groups in total. The Kier molecular flexibility index (Phi) is 8.24. The SMILES string of the molecule is N[C@@H](CS)C(=O)N[C@@H](CO)C(=O)N[C@@H](Cc1ccccc1)C(=O)O. The van der Waals surface area contributed by atoms with Crippen LogP contribution in [0.4, 0.5) is 0 Å². The van der Waals surface area contributed by atoms with Gasteiger partial charge in [0.05, 0.1) is 12.6 Å². The van der Waals surface area contributed by atoms with Gasteiger partial charge < -0.3 is 26.6 Å². The first-order chi connectivity index (χ1) is 11.4. The Balaban J connectivity index is 2.72. The second-order valence-corrected chi connectivity index (χ2v) is 5.49. The largest absolute Gasteiger partial charge is 0.480 e. The van der Waals surface area contributed by atoms with E-state index in [2.05, 4.69) is 23.3 Å². The van der Waals surface area contributed by atoms with Gasteiger partial charge in [-0.15, -0.1) is 0 Å². The van der Waals surface area contributed by atoms with Gasteiger partial charge in [0.2, 0.25) is 11.8 Å². The van der Waals surface area contributed by atoms with Crippen LogP contribution in [0.1, 0.15) is 5.56 Å². The number of hydrogen-bond donors (Lipinski definition) is 6. The number of aliphatic hydroxyl groups excluding tert-OH is 1. The summed E-state index contributed by atoms with van der Waals surface area (Å²) >= 11 is 3.87. The molecule has 0 saturated heterocycles. The second kappa shape index (κ2) is 9.91. The number of benzene rings is 1. The Labute approximate surface area is 144 Å². The molecular formula is C15H21N3O5S. The summed E-state index contributed by atoms with van der Waals surface area (Å²) in [5.74, 6) is -2.62. The summed E-state index contributed by atoms with van der Waals surface area (Å²) in [6, 6.07) is 5.36. The topological polar surface area (TPSA) is 142 Å². The average molecular weight is 355 g/mol. The van der Waals surface area contributed by atoms with Gasteiger partial charge in [-0.3, -0.25) is 9.59 Å². The molecule has 9 heteroatoms. The number of nitrogens with two attached hydrogens (primary N) is 1. The number of carbonyl (C=O) groups excluding carboxylic acids is 2. The highest BCUT2D eigenvalue weighted by Gasteiger charge is 2.27. The van der Waals surface area contributed by atoms with Crippen molar-refractivity contribution in [1.29, 1.82) is 0 Å². The minimum Gasteiger partial charge on any atom is -0.480 e. The molecule has 0 aromatic heterocycles. The second-order valence-electron chi connectivity index (χ2n) is 5.12. The molecule has 1 rings (SSSR count). The number of hydrogen-bond acceptors (Lipinski definition) is 6. The number of thiol groups is 1. The molecule has 0 aliphatic heterocycles. The summed E-state index contributed by atoms with van der Waals surface area (Å²) in [6.45, 7) is -0.686. The van der Waals surface area contributed by atoms with Crippen molar-refractivity contribution in [3.8, 4) is 0 Å². The van der Waals surface area contributed by atoms with E-state index in [1.807, 2.05) is 0 Å². The number of aliphatic hydroxyl groups is 1. The Bertz CT molecular complexity index is 569. The smallest absolute Gasteiger partial charge is 0.326 e. The molecule has 0 heterocycles. The van der Waals surface area contributed by atoms with E-state index in [0.29, 0.717) is 0 Å². The van der Waals surface area contributed by atoms with Crippen molar-refractivity contribution in [3.63, 3.8) is 0 Å². The summed E-state index contributed by atoms with van der Waals surface area (Å²) in [5.41, 5.74) is 6.20. The fourth-order valence-corrected chi connectivity index (χ4v) is 2.04. The molecule has 2 amide bonds. The van der Waals surface area contributed by atoms with E-state index in [0.717, 1.165) is 5.56 Å². The third-order valence-electron chi connectivity index (χ3n) is 3.25. The summed E-state index contributed by atoms with van der Waals surface area (Å²) in [4.78, 5) is 35.1. The quantitative estimate of drug-likeness (QED) is 0.299. The van der Waals surface area contributed by atoms with Crippen LogP contribution in [-0.4, -0.2) is 58.5 Å². The fourth-order valence-electron chi connectivity index (χ4n) is 1.88. The summed E-state index contributed by atoms with van der Waals surface area (Å²) in [6.07, 6.45) is 0.0736. The highest BCUT2D eigenvalue weighted by atomic mass is 32.1. The fraction of sp³-hybridized carbons (Fsp3) is 0.400. The Morgan fingerprint density at radius 1 is 1.08 bits per heavy atom. The lowest BCUT2D eigenvalue weighted by molar-refractivity contribution is -0.142. The van der Waals surface area contributed by atoms with Crippen LogP contribution in [0.15, 0.2) is 30.3 Å². The molecule has 8 nitrogen and oxygen atoms in total. The van der Waals surface area contributed by atoms with Crippen LogP contribution in [0, 0.1) is 0 Å². The van der Waals surface area contributed by atoms with Gasteiger partial charge >= 0.3 is 5.97 Å². The van der Waals surface area contributed by atoms with Crippen molar-refractivity contribution in [2.24, 2.45) is 5.73 Å². The lowest BCUT2D eigenvalue weighted by Gasteiger charge is -2.21. The van der Waals surface area contributed by atoms with Crippen LogP contribution in [-0.2, 0) is 20.8 Å². The van der Waals surface area contributed by atoms with Gasteiger partial charge in [-0.25, -0.2) is 4.79 Å². The van der Waals surface area contributed by atoms with E-state index < -0.39 is 42.5 Å². The van der Waals surface area contributed by atoms with Crippen LogP contribution in [0.2, 0.25) is 0 Å². The Morgan fingerprint density at radius 3 is 2.17 bits per heavy atom. The summed E-state index contributed by atoms with van der Waals surface area (Å²) < 4.78 is 0. The molecule has 0 bridgehead atoms. The van der Waals surface area contributed by atoms with E-state index in [9.17, 15) is 24.6 Å². The summed E-state index contributed by atoms with van der Waals surface area (Å²) in [7, 11) is 0. The van der Waals surface area contributed by atoms with Gasteiger partial charge in [0.1, 0.15) is 12.1 Å². The molecule has 0 fully saturated rings. The van der Waals surface area contributed by atoms with Gasteiger partial charge in [0.15, 0.2) is 0 Å². The van der Waals surface area contributed by atoms with Crippen molar-refractivity contribution in [3.05, 3.63) is 35.9 Å². The van der Waals surface area contributed by atoms with Crippen LogP contribution < -0.4 is 16.4 Å². The lowest BCUT2D eigenvalue weighted by Crippen LogP contribution is -2.56. The van der Waals surface area contributed by atoms with Gasteiger partial charge in [-0.1, -0.05) is 30.3 Å². The molecule has 0 radical (unpaired) electrons. The van der Waals surface area contributed by atoms with E-state index in [1.165, 1.54) is 0 Å². The highest BCUT2D eigenvalue weighted by molar-refractivity contribution is 7.80. The van der Waals surface area contributed by atoms with Gasteiger partial charge in [-0.2, -0.15) is 12.6 Å². The minimum atomic E-state index is -1.29. The van der Waals surface area contributed by atoms with Gasteiger partial charge in [0, 0.05) is 12.2 Å². The van der Waals surface area contributed by atoms with Crippen molar-refractivity contribution in [2.75, 3.05) is 12.4 Å². The highest BCUT2D eigenvalue weighted by Crippen LogP contribution is 2.04. The number of carbonyl (C=O) groups is 3. The third-order valence-corrected chi connectivity index (χ3v) is 3.64. The predicted molar refractivity (Wildman–Crippen MR) is 90.6 cm³/mol. The molecule has 0 unspecified atom stereocenters. The van der Waals surface area contributed by atoms with Crippen molar-refractivity contribution >= 4 is 30.4 Å². The first kappa shape index (κ1) is 19.9. The van der Waals surface area contributed by atoms with Crippen LogP contribution in [0.3, 0.4) is 0 Å². The normalized spacial score (nSPS) is 14.3. The zero-order chi connectivity index (χ0) is 18.1. The molecule has 0 aliphatic rings. The Morgan fingerprint density at radius 2 is 1.67 bits per heavy atom. The molecule has 0 spiro atoms. The molecule has 3 atom stereocenters. The number of carboxylic acids is 1. The van der Waals surface area contributed by atoms with Gasteiger partial charge in [0.25, 0.3) is 0 Å².